The highest BCUT2D eigenvalue weighted by atomic mass is 35.5. The van der Waals surface area contributed by atoms with Gasteiger partial charge in [0, 0.05) is 21.7 Å². The van der Waals surface area contributed by atoms with Gasteiger partial charge >= 0.3 is 0 Å². The van der Waals surface area contributed by atoms with Crippen LogP contribution in [0.4, 0.5) is 0 Å². The molecule has 1 aromatic heterocycles. The molecule has 2 aromatic rings. The number of aromatic nitrogens is 3. The molecule has 106 valence electrons. The van der Waals surface area contributed by atoms with Crippen LogP contribution in [0, 0.1) is 6.92 Å². The van der Waals surface area contributed by atoms with Crippen LogP contribution in [0.25, 0.3) is 0 Å². The van der Waals surface area contributed by atoms with Gasteiger partial charge in [-0.2, -0.15) is 5.10 Å². The number of halogens is 2. The smallest absolute Gasteiger partial charge is 0.251 e. The Labute approximate surface area is 126 Å². The first-order chi connectivity index (χ1) is 9.47. The van der Waals surface area contributed by atoms with E-state index in [-0.39, 0.29) is 11.9 Å². The summed E-state index contributed by atoms with van der Waals surface area (Å²) in [7, 11) is 0. The summed E-state index contributed by atoms with van der Waals surface area (Å²) in [5.41, 5.74) is 1.21. The molecule has 0 saturated heterocycles. The average molecular weight is 313 g/mol. The molecule has 0 bridgehead atoms. The van der Waals surface area contributed by atoms with E-state index in [1.54, 1.807) is 30.1 Å². The van der Waals surface area contributed by atoms with Gasteiger partial charge in [0.05, 0.1) is 6.54 Å². The maximum absolute atomic E-state index is 12.1. The Morgan fingerprint density at radius 3 is 2.60 bits per heavy atom. The molecule has 1 N–H and O–H groups in total. The van der Waals surface area contributed by atoms with Crippen LogP contribution in [0.2, 0.25) is 10.0 Å². The number of rotatable bonds is 4. The second-order valence-electron chi connectivity index (χ2n) is 4.56. The molecule has 1 aromatic carbocycles. The van der Waals surface area contributed by atoms with Crippen LogP contribution in [-0.4, -0.2) is 26.7 Å². The second-order valence-corrected chi connectivity index (χ2v) is 5.37. The number of carbonyl (C=O) groups excluding carboxylic acids is 1. The van der Waals surface area contributed by atoms with E-state index in [4.69, 9.17) is 23.2 Å². The highest BCUT2D eigenvalue weighted by Crippen LogP contribution is 2.25. The molecule has 7 heteroatoms. The molecule has 2 rings (SSSR count). The van der Waals surface area contributed by atoms with Crippen molar-refractivity contribution in [2.75, 3.05) is 0 Å². The van der Waals surface area contributed by atoms with Gasteiger partial charge in [0.25, 0.3) is 5.91 Å². The van der Waals surface area contributed by atoms with Gasteiger partial charge in [-0.15, -0.1) is 0 Å². The van der Waals surface area contributed by atoms with Gasteiger partial charge in [-0.3, -0.25) is 9.48 Å². The minimum atomic E-state index is -0.221. The molecule has 1 amide bonds. The van der Waals surface area contributed by atoms with Gasteiger partial charge in [0.2, 0.25) is 0 Å². The summed E-state index contributed by atoms with van der Waals surface area (Å²) in [6.45, 7) is 4.23. The number of nitrogens with zero attached hydrogens (tertiary/aromatic N) is 3. The monoisotopic (exact) mass is 312 g/mol. The standard InChI is InChI=1S/C13H14Cl2N4O/c1-8(5-19-7-16-6-17-19)18-13(20)10-3-11(14)9(2)12(15)4-10/h3-4,6-8H,5H2,1-2H3,(H,18,20)/t8-/m0/s1. The van der Waals surface area contributed by atoms with Crippen LogP contribution in [0.15, 0.2) is 24.8 Å². The van der Waals surface area contributed by atoms with Crippen molar-refractivity contribution in [3.8, 4) is 0 Å². The highest BCUT2D eigenvalue weighted by molar-refractivity contribution is 6.36. The van der Waals surface area contributed by atoms with Crippen molar-refractivity contribution in [1.29, 1.82) is 0 Å². The van der Waals surface area contributed by atoms with Crippen LogP contribution in [0.5, 0.6) is 0 Å². The van der Waals surface area contributed by atoms with Crippen LogP contribution < -0.4 is 5.32 Å². The Morgan fingerprint density at radius 2 is 2.05 bits per heavy atom. The maximum Gasteiger partial charge on any atom is 0.251 e. The first kappa shape index (κ1) is 14.8. The SMILES string of the molecule is Cc1c(Cl)cc(C(=O)N[C@@H](C)Cn2cncn2)cc1Cl. The molecule has 1 heterocycles. The largest absolute Gasteiger partial charge is 0.348 e. The Balaban J connectivity index is 2.04. The lowest BCUT2D eigenvalue weighted by atomic mass is 10.1. The number of carbonyl (C=O) groups is 1. The minimum absolute atomic E-state index is 0.0944. The predicted octanol–water partition coefficient (Wildman–Crippen LogP) is 2.71. The van der Waals surface area contributed by atoms with Crippen molar-refractivity contribution in [2.24, 2.45) is 0 Å². The lowest BCUT2D eigenvalue weighted by Crippen LogP contribution is -2.35. The third-order valence-electron chi connectivity index (χ3n) is 2.85. The molecule has 0 unspecified atom stereocenters. The summed E-state index contributed by atoms with van der Waals surface area (Å²) >= 11 is 12.1. The Hall–Kier alpha value is -1.59. The summed E-state index contributed by atoms with van der Waals surface area (Å²) < 4.78 is 1.65. The van der Waals surface area contributed by atoms with E-state index in [1.807, 2.05) is 6.92 Å². The van der Waals surface area contributed by atoms with Crippen LogP contribution >= 0.6 is 23.2 Å². The predicted molar refractivity (Wildman–Crippen MR) is 78.1 cm³/mol. The Bertz CT molecular complexity index is 590. The van der Waals surface area contributed by atoms with E-state index in [0.29, 0.717) is 22.2 Å². The molecular formula is C13H14Cl2N4O. The first-order valence-corrected chi connectivity index (χ1v) is 6.82. The van der Waals surface area contributed by atoms with Gasteiger partial charge in [-0.05, 0) is 31.5 Å². The number of hydrogen-bond acceptors (Lipinski definition) is 3. The maximum atomic E-state index is 12.1. The fraction of sp³-hybridized carbons (Fsp3) is 0.308. The first-order valence-electron chi connectivity index (χ1n) is 6.06. The van der Waals surface area contributed by atoms with Gasteiger partial charge in [0.1, 0.15) is 12.7 Å². The lowest BCUT2D eigenvalue weighted by molar-refractivity contribution is 0.0936. The van der Waals surface area contributed by atoms with Gasteiger partial charge in [0.15, 0.2) is 0 Å². The van der Waals surface area contributed by atoms with Crippen molar-refractivity contribution in [2.45, 2.75) is 26.4 Å². The van der Waals surface area contributed by atoms with Crippen LogP contribution in [0.1, 0.15) is 22.8 Å². The average Bonchev–Trinajstić information content (AvgIpc) is 2.87. The van der Waals surface area contributed by atoms with E-state index in [1.165, 1.54) is 6.33 Å². The molecule has 0 fully saturated rings. The van der Waals surface area contributed by atoms with Crippen molar-refractivity contribution < 1.29 is 4.79 Å². The third-order valence-corrected chi connectivity index (χ3v) is 3.63. The molecule has 1 atom stereocenters. The van der Waals surface area contributed by atoms with Crippen molar-refractivity contribution in [3.05, 3.63) is 46.0 Å². The number of amides is 1. The zero-order valence-electron chi connectivity index (χ0n) is 11.1. The molecule has 0 spiro atoms. The van der Waals surface area contributed by atoms with E-state index in [0.717, 1.165) is 5.56 Å². The second kappa shape index (κ2) is 6.24. The summed E-state index contributed by atoms with van der Waals surface area (Å²) in [4.78, 5) is 16.0. The molecule has 0 aliphatic heterocycles. The van der Waals surface area contributed by atoms with Gasteiger partial charge in [-0.1, -0.05) is 23.2 Å². The van der Waals surface area contributed by atoms with Gasteiger partial charge < -0.3 is 5.32 Å². The van der Waals surface area contributed by atoms with Crippen molar-refractivity contribution in [3.63, 3.8) is 0 Å². The summed E-state index contributed by atoms with van der Waals surface area (Å²) in [6.07, 6.45) is 3.05. The van der Waals surface area contributed by atoms with Crippen molar-refractivity contribution in [1.82, 2.24) is 20.1 Å². The molecule has 0 saturated carbocycles. The van der Waals surface area contributed by atoms with E-state index < -0.39 is 0 Å². The summed E-state index contributed by atoms with van der Waals surface area (Å²) in [5.74, 6) is -0.221. The van der Waals surface area contributed by atoms with E-state index >= 15 is 0 Å². The zero-order chi connectivity index (χ0) is 14.7. The van der Waals surface area contributed by atoms with E-state index in [2.05, 4.69) is 15.4 Å². The fourth-order valence-electron chi connectivity index (χ4n) is 1.74. The summed E-state index contributed by atoms with van der Waals surface area (Å²) in [6, 6.07) is 3.13. The zero-order valence-corrected chi connectivity index (χ0v) is 12.6. The third kappa shape index (κ3) is 3.49. The van der Waals surface area contributed by atoms with Gasteiger partial charge in [-0.25, -0.2) is 4.98 Å². The topological polar surface area (TPSA) is 59.8 Å². The number of hydrogen-bond donors (Lipinski definition) is 1. The number of nitrogens with one attached hydrogen (secondary N) is 1. The molecule has 0 radical (unpaired) electrons. The highest BCUT2D eigenvalue weighted by Gasteiger charge is 2.13. The molecule has 20 heavy (non-hydrogen) atoms. The molecular weight excluding hydrogens is 299 g/mol. The molecule has 5 nitrogen and oxygen atoms in total. The summed E-state index contributed by atoms with van der Waals surface area (Å²) in [5, 5.41) is 7.81. The number of benzene rings is 1. The quantitative estimate of drug-likeness (QED) is 0.944. The van der Waals surface area contributed by atoms with Crippen LogP contribution in [-0.2, 0) is 6.54 Å². The van der Waals surface area contributed by atoms with Crippen LogP contribution in [0.3, 0.4) is 0 Å². The normalized spacial score (nSPS) is 12.2. The molecule has 0 aliphatic carbocycles. The minimum Gasteiger partial charge on any atom is -0.348 e. The van der Waals surface area contributed by atoms with E-state index in [9.17, 15) is 4.79 Å². The Kier molecular flexibility index (Phi) is 4.62. The lowest BCUT2D eigenvalue weighted by Gasteiger charge is -2.14. The molecule has 0 aliphatic rings. The Morgan fingerprint density at radius 1 is 1.40 bits per heavy atom. The van der Waals surface area contributed by atoms with Crippen molar-refractivity contribution >= 4 is 29.1 Å². The fourth-order valence-corrected chi connectivity index (χ4v) is 2.22.